The number of ether oxygens (including phenoxy) is 2. The third kappa shape index (κ3) is 6.75. The van der Waals surface area contributed by atoms with Crippen LogP contribution in [0.5, 0.6) is 0 Å². The quantitative estimate of drug-likeness (QED) is 0.199. The molecule has 2 saturated heterocycles. The molecule has 4 aromatic rings. The lowest BCUT2D eigenvalue weighted by Gasteiger charge is -2.26. The third-order valence-electron chi connectivity index (χ3n) is 8.40. The number of rotatable bonds is 9. The van der Waals surface area contributed by atoms with Crippen molar-refractivity contribution >= 4 is 46.7 Å². The molecule has 0 aliphatic carbocycles. The van der Waals surface area contributed by atoms with Crippen molar-refractivity contribution in [1.29, 1.82) is 0 Å². The molecule has 0 spiro atoms. The number of methoxy groups -OCH3 is 2. The summed E-state index contributed by atoms with van der Waals surface area (Å²) in [6.07, 6.45) is 8.91. The van der Waals surface area contributed by atoms with Crippen LogP contribution in [0.3, 0.4) is 0 Å². The van der Waals surface area contributed by atoms with E-state index in [1.54, 1.807) is 48.4 Å². The number of nitrogens with one attached hydrogen (secondary N) is 4. The number of likely N-dealkylation sites (tertiary alicyclic amines) is 2. The number of H-pyrrole nitrogens is 2. The Morgan fingerprint density at radius 3 is 1.54 bits per heavy atom. The lowest BCUT2D eigenvalue weighted by molar-refractivity contribution is -0.134. The molecular formula is C30H36N10O6S2. The minimum atomic E-state index is -0.722. The van der Waals surface area contributed by atoms with Crippen LogP contribution in [-0.4, -0.2) is 103 Å². The van der Waals surface area contributed by atoms with Crippen LogP contribution in [0.15, 0.2) is 24.8 Å². The van der Waals surface area contributed by atoms with Gasteiger partial charge in [0.25, 0.3) is 0 Å². The summed E-state index contributed by atoms with van der Waals surface area (Å²) in [5, 5.41) is 6.58. The number of aromatic nitrogens is 6. The maximum absolute atomic E-state index is 13.1. The van der Waals surface area contributed by atoms with E-state index >= 15 is 0 Å². The van der Waals surface area contributed by atoms with Crippen LogP contribution in [-0.2, 0) is 19.1 Å². The van der Waals surface area contributed by atoms with Gasteiger partial charge in [-0.25, -0.2) is 29.5 Å². The van der Waals surface area contributed by atoms with Gasteiger partial charge in [0.1, 0.15) is 23.7 Å². The smallest absolute Gasteiger partial charge is 0.407 e. The van der Waals surface area contributed by atoms with Gasteiger partial charge >= 0.3 is 12.2 Å². The highest BCUT2D eigenvalue weighted by Crippen LogP contribution is 2.38. The summed E-state index contributed by atoms with van der Waals surface area (Å²) in [7, 11) is 2.52. The zero-order valence-corrected chi connectivity index (χ0v) is 28.4. The number of hydrogen-bond donors (Lipinski definition) is 4. The number of alkyl carbamates (subject to hydrolysis) is 2. The maximum Gasteiger partial charge on any atom is 0.407 e. The van der Waals surface area contributed by atoms with E-state index in [-0.39, 0.29) is 23.9 Å². The molecule has 18 heteroatoms. The van der Waals surface area contributed by atoms with Crippen molar-refractivity contribution < 1.29 is 28.7 Å². The van der Waals surface area contributed by atoms with E-state index < -0.39 is 24.3 Å². The van der Waals surface area contributed by atoms with Crippen LogP contribution in [0.2, 0.25) is 0 Å². The summed E-state index contributed by atoms with van der Waals surface area (Å²) in [4.78, 5) is 79.7. The van der Waals surface area contributed by atoms with E-state index in [2.05, 4.69) is 50.0 Å². The van der Waals surface area contributed by atoms with Gasteiger partial charge < -0.3 is 39.9 Å². The second-order valence-corrected chi connectivity index (χ2v) is 13.6. The fourth-order valence-electron chi connectivity index (χ4n) is 5.98. The van der Waals surface area contributed by atoms with Crippen molar-refractivity contribution in [2.75, 3.05) is 27.3 Å². The van der Waals surface area contributed by atoms with Gasteiger partial charge in [-0.15, -0.1) is 22.7 Å². The standard InChI is InChI=1S/C30H36N10O6S2/c1-15(35-29(43)45-3)27(41)39-9-5-7-19(39)23-31-11-17(37-23)21-13-33-25(47-21)26-34-14-22(48-26)18-12-32-24(38-18)20-8-6-10-40(20)28(42)16(2)36-30(44)46-4/h11-16,19-20H,5-10H2,1-4H3,(H,31,37)(H,32,38)(H,35,43)(H,36,44)/t15-,16-,19-,20-/m0/s1. The zero-order valence-electron chi connectivity index (χ0n) is 26.8. The number of amides is 4. The number of hydrogen-bond acceptors (Lipinski definition) is 12. The van der Waals surface area contributed by atoms with Gasteiger partial charge in [-0.3, -0.25) is 9.59 Å². The Hall–Kier alpha value is -4.84. The lowest BCUT2D eigenvalue weighted by Crippen LogP contribution is -2.46. The minimum absolute atomic E-state index is 0.193. The van der Waals surface area contributed by atoms with E-state index in [0.717, 1.165) is 56.8 Å². The Morgan fingerprint density at radius 1 is 0.729 bits per heavy atom. The number of aromatic amines is 2. The van der Waals surface area contributed by atoms with Gasteiger partial charge in [-0.2, -0.15) is 0 Å². The van der Waals surface area contributed by atoms with Crippen molar-refractivity contribution in [1.82, 2.24) is 50.3 Å². The SMILES string of the molecule is COC(=O)N[C@@H](C)C(=O)N1CCC[C@H]1c1ncc(-c2cnc(-c3ncc(-c4cnc([C@@H]5CCCN5C(=O)[C@H](C)NC(=O)OC)[nH]4)s3)s2)[nH]1. The average Bonchev–Trinajstić information content (AvgIpc) is 3.93. The maximum atomic E-state index is 13.1. The van der Waals surface area contributed by atoms with E-state index in [4.69, 9.17) is 0 Å². The van der Waals surface area contributed by atoms with Gasteiger partial charge in [0.05, 0.1) is 59.8 Å². The minimum Gasteiger partial charge on any atom is -0.453 e. The van der Waals surface area contributed by atoms with Gasteiger partial charge in [0.2, 0.25) is 11.8 Å². The molecule has 0 saturated carbocycles. The van der Waals surface area contributed by atoms with E-state index in [0.29, 0.717) is 24.7 Å². The molecule has 0 radical (unpaired) electrons. The second-order valence-electron chi connectivity index (χ2n) is 11.5. The summed E-state index contributed by atoms with van der Waals surface area (Å²) >= 11 is 2.95. The summed E-state index contributed by atoms with van der Waals surface area (Å²) in [5.41, 5.74) is 1.58. The fraction of sp³-hybridized carbons (Fsp3) is 0.467. The van der Waals surface area contributed by atoms with Crippen LogP contribution in [0.25, 0.3) is 31.2 Å². The molecule has 0 aromatic carbocycles. The molecule has 2 aliphatic heterocycles. The molecule has 254 valence electrons. The molecule has 48 heavy (non-hydrogen) atoms. The number of carbonyl (C=O) groups is 4. The fourth-order valence-corrected chi connectivity index (χ4v) is 7.77. The Labute approximate surface area is 283 Å². The van der Waals surface area contributed by atoms with Gasteiger partial charge in [-0.05, 0) is 39.5 Å². The van der Waals surface area contributed by atoms with Crippen LogP contribution in [0, 0.1) is 0 Å². The topological polar surface area (TPSA) is 200 Å². The predicted molar refractivity (Wildman–Crippen MR) is 176 cm³/mol. The van der Waals surface area contributed by atoms with Crippen LogP contribution >= 0.6 is 22.7 Å². The molecule has 2 aliphatic rings. The Morgan fingerprint density at radius 2 is 1.15 bits per heavy atom. The zero-order chi connectivity index (χ0) is 33.9. The number of thiazole rings is 2. The molecule has 4 amide bonds. The first kappa shape index (κ1) is 33.1. The molecule has 6 heterocycles. The van der Waals surface area contributed by atoms with E-state index in [9.17, 15) is 19.2 Å². The highest BCUT2D eigenvalue weighted by Gasteiger charge is 2.36. The Bertz CT molecular complexity index is 1670. The molecular weight excluding hydrogens is 661 g/mol. The first-order valence-electron chi connectivity index (χ1n) is 15.5. The van der Waals surface area contributed by atoms with Crippen molar-refractivity contribution in [3.63, 3.8) is 0 Å². The molecule has 0 unspecified atom stereocenters. The monoisotopic (exact) mass is 696 g/mol. The largest absolute Gasteiger partial charge is 0.453 e. The molecule has 0 bridgehead atoms. The molecule has 16 nitrogen and oxygen atoms in total. The normalized spacial score (nSPS) is 18.8. The van der Waals surface area contributed by atoms with E-state index in [1.165, 1.54) is 36.9 Å². The van der Waals surface area contributed by atoms with Crippen LogP contribution in [0.4, 0.5) is 9.59 Å². The van der Waals surface area contributed by atoms with Gasteiger partial charge in [0.15, 0.2) is 10.0 Å². The first-order chi connectivity index (χ1) is 23.2. The summed E-state index contributed by atoms with van der Waals surface area (Å²) < 4.78 is 9.25. The molecule has 4 aromatic heterocycles. The Balaban J connectivity index is 1.12. The predicted octanol–water partition coefficient (Wildman–Crippen LogP) is 3.86. The first-order valence-corrected chi connectivity index (χ1v) is 17.1. The number of nitrogens with zero attached hydrogens (tertiary/aromatic N) is 6. The molecule has 4 atom stereocenters. The molecule has 6 rings (SSSR count). The van der Waals surface area contributed by atoms with Crippen molar-refractivity contribution in [3.8, 4) is 31.2 Å². The Kier molecular flexibility index (Phi) is 9.72. The number of carbonyl (C=O) groups excluding carboxylic acids is 4. The molecule has 2 fully saturated rings. The summed E-state index contributed by atoms with van der Waals surface area (Å²) in [5.74, 6) is 0.974. The number of imidazole rings is 2. The highest BCUT2D eigenvalue weighted by molar-refractivity contribution is 7.24. The van der Waals surface area contributed by atoms with Crippen molar-refractivity contribution in [2.24, 2.45) is 0 Å². The van der Waals surface area contributed by atoms with Crippen molar-refractivity contribution in [3.05, 3.63) is 36.4 Å². The van der Waals surface area contributed by atoms with Gasteiger partial charge in [-0.1, -0.05) is 0 Å². The second kappa shape index (κ2) is 14.1. The lowest BCUT2D eigenvalue weighted by atomic mass is 10.2. The van der Waals surface area contributed by atoms with Crippen LogP contribution < -0.4 is 10.6 Å². The molecule has 4 N–H and O–H groups in total. The van der Waals surface area contributed by atoms with E-state index in [1.807, 2.05) is 0 Å². The summed E-state index contributed by atoms with van der Waals surface area (Å²) in [6.45, 7) is 4.42. The third-order valence-corrected chi connectivity index (χ3v) is 10.6. The average molecular weight is 697 g/mol. The summed E-state index contributed by atoms with van der Waals surface area (Å²) in [6, 6.07) is -1.90. The van der Waals surface area contributed by atoms with Crippen LogP contribution in [0.1, 0.15) is 63.3 Å². The highest BCUT2D eigenvalue weighted by atomic mass is 32.1. The van der Waals surface area contributed by atoms with Crippen molar-refractivity contribution in [2.45, 2.75) is 63.7 Å². The van der Waals surface area contributed by atoms with Gasteiger partial charge in [0, 0.05) is 25.5 Å².